The predicted molar refractivity (Wildman–Crippen MR) is 77.4 cm³/mol. The van der Waals surface area contributed by atoms with E-state index in [9.17, 15) is 4.79 Å². The summed E-state index contributed by atoms with van der Waals surface area (Å²) >= 11 is 11.9. The Hall–Kier alpha value is -1.51. The molecule has 0 saturated heterocycles. The molecule has 2 nitrogen and oxygen atoms in total. The van der Waals surface area contributed by atoms with Crippen LogP contribution in [0.15, 0.2) is 36.4 Å². The molecule has 0 unspecified atom stereocenters. The van der Waals surface area contributed by atoms with E-state index in [2.05, 4.69) is 0 Å². The second-order valence-electron chi connectivity index (χ2n) is 4.14. The van der Waals surface area contributed by atoms with Crippen LogP contribution in [0.4, 0.5) is 0 Å². The Kier molecular flexibility index (Phi) is 4.46. The van der Waals surface area contributed by atoms with Gasteiger partial charge in [-0.05, 0) is 30.7 Å². The van der Waals surface area contributed by atoms with Crippen molar-refractivity contribution >= 4 is 29.5 Å². The Balaban J connectivity index is 2.21. The fraction of sp³-hybridized carbons (Fsp3) is 0.133. The molecule has 0 amide bonds. The molecule has 0 bridgehead atoms. The molecule has 0 atom stereocenters. The van der Waals surface area contributed by atoms with E-state index in [1.54, 1.807) is 18.2 Å². The normalized spacial score (nSPS) is 10.3. The zero-order chi connectivity index (χ0) is 13.8. The summed E-state index contributed by atoms with van der Waals surface area (Å²) in [4.78, 5) is 11.0. The first-order valence-corrected chi connectivity index (χ1v) is 6.49. The van der Waals surface area contributed by atoms with E-state index in [4.69, 9.17) is 27.9 Å². The molecular formula is C15H12Cl2O2. The van der Waals surface area contributed by atoms with Gasteiger partial charge in [0.15, 0.2) is 6.29 Å². The van der Waals surface area contributed by atoms with Crippen LogP contribution in [-0.2, 0) is 6.61 Å². The average molecular weight is 295 g/mol. The molecule has 98 valence electrons. The molecule has 0 radical (unpaired) electrons. The van der Waals surface area contributed by atoms with Crippen LogP contribution in [0.5, 0.6) is 5.75 Å². The predicted octanol–water partition coefficient (Wildman–Crippen LogP) is 4.69. The number of aldehydes is 1. The van der Waals surface area contributed by atoms with Crippen LogP contribution < -0.4 is 4.74 Å². The number of aryl methyl sites for hydroxylation is 1. The Morgan fingerprint density at radius 2 is 2.00 bits per heavy atom. The van der Waals surface area contributed by atoms with Crippen LogP contribution >= 0.6 is 23.2 Å². The lowest BCUT2D eigenvalue weighted by Gasteiger charge is -2.12. The zero-order valence-corrected chi connectivity index (χ0v) is 11.8. The first kappa shape index (κ1) is 13.9. The van der Waals surface area contributed by atoms with Crippen LogP contribution in [0.1, 0.15) is 21.5 Å². The summed E-state index contributed by atoms with van der Waals surface area (Å²) in [5.74, 6) is 0.587. The lowest BCUT2D eigenvalue weighted by molar-refractivity contribution is 0.111. The van der Waals surface area contributed by atoms with Crippen LogP contribution in [0.2, 0.25) is 10.0 Å². The number of benzene rings is 2. The van der Waals surface area contributed by atoms with Crippen molar-refractivity contribution in [3.05, 3.63) is 63.1 Å². The van der Waals surface area contributed by atoms with Gasteiger partial charge in [0, 0.05) is 15.6 Å². The molecule has 2 aromatic rings. The van der Waals surface area contributed by atoms with Crippen molar-refractivity contribution in [2.75, 3.05) is 0 Å². The van der Waals surface area contributed by atoms with Crippen LogP contribution in [0, 0.1) is 6.92 Å². The molecular weight excluding hydrogens is 283 g/mol. The van der Waals surface area contributed by atoms with Gasteiger partial charge in [-0.2, -0.15) is 0 Å². The summed E-state index contributed by atoms with van der Waals surface area (Å²) < 4.78 is 5.71. The standard InChI is InChI=1S/C15H12Cl2O2/c1-10-3-2-4-11(8-18)15(10)19-9-12-5-6-13(16)7-14(12)17/h2-8H,9H2,1H3. The number of carbonyl (C=O) groups excluding carboxylic acids is 1. The third-order valence-corrected chi connectivity index (χ3v) is 3.34. The fourth-order valence-corrected chi connectivity index (χ4v) is 2.22. The van der Waals surface area contributed by atoms with Crippen molar-refractivity contribution in [1.29, 1.82) is 0 Å². The summed E-state index contributed by atoms with van der Waals surface area (Å²) in [5, 5.41) is 1.13. The minimum atomic E-state index is 0.293. The summed E-state index contributed by atoms with van der Waals surface area (Å²) in [7, 11) is 0. The SMILES string of the molecule is Cc1cccc(C=O)c1OCc1ccc(Cl)cc1Cl. The molecule has 0 saturated carbocycles. The maximum Gasteiger partial charge on any atom is 0.153 e. The monoisotopic (exact) mass is 294 g/mol. The van der Waals surface area contributed by atoms with E-state index in [1.807, 2.05) is 25.1 Å². The number of para-hydroxylation sites is 1. The fourth-order valence-electron chi connectivity index (χ4n) is 1.75. The van der Waals surface area contributed by atoms with Crippen molar-refractivity contribution in [3.63, 3.8) is 0 Å². The summed E-state index contributed by atoms with van der Waals surface area (Å²) in [5.41, 5.74) is 2.27. The van der Waals surface area contributed by atoms with Crippen LogP contribution in [-0.4, -0.2) is 6.29 Å². The Morgan fingerprint density at radius 1 is 1.21 bits per heavy atom. The molecule has 0 aliphatic carbocycles. The molecule has 4 heteroatoms. The third kappa shape index (κ3) is 3.28. The lowest BCUT2D eigenvalue weighted by Crippen LogP contribution is -2.00. The van der Waals surface area contributed by atoms with E-state index in [0.29, 0.717) is 28.0 Å². The summed E-state index contributed by atoms with van der Waals surface area (Å²) in [6, 6.07) is 10.7. The number of hydrogen-bond donors (Lipinski definition) is 0. The van der Waals surface area contributed by atoms with Gasteiger partial charge in [0.05, 0.1) is 5.56 Å². The van der Waals surface area contributed by atoms with Crippen molar-refractivity contribution in [2.24, 2.45) is 0 Å². The van der Waals surface area contributed by atoms with E-state index < -0.39 is 0 Å². The molecule has 0 aliphatic rings. The molecule has 0 aromatic heterocycles. The topological polar surface area (TPSA) is 26.3 Å². The molecule has 0 spiro atoms. The van der Waals surface area contributed by atoms with E-state index >= 15 is 0 Å². The van der Waals surface area contributed by atoms with Gasteiger partial charge in [0.25, 0.3) is 0 Å². The van der Waals surface area contributed by atoms with E-state index in [-0.39, 0.29) is 0 Å². The highest BCUT2D eigenvalue weighted by molar-refractivity contribution is 6.35. The first-order valence-electron chi connectivity index (χ1n) is 5.73. The number of halogens is 2. The molecule has 0 aliphatic heterocycles. The maximum atomic E-state index is 11.0. The number of ether oxygens (including phenoxy) is 1. The molecule has 0 fully saturated rings. The number of rotatable bonds is 4. The minimum Gasteiger partial charge on any atom is -0.488 e. The summed E-state index contributed by atoms with van der Waals surface area (Å²) in [6.45, 7) is 2.19. The van der Waals surface area contributed by atoms with Crippen molar-refractivity contribution in [2.45, 2.75) is 13.5 Å². The molecule has 0 heterocycles. The van der Waals surface area contributed by atoms with Crippen LogP contribution in [0.25, 0.3) is 0 Å². The van der Waals surface area contributed by atoms with Gasteiger partial charge in [-0.3, -0.25) is 4.79 Å². The van der Waals surface area contributed by atoms with Gasteiger partial charge < -0.3 is 4.74 Å². The molecule has 2 rings (SSSR count). The van der Waals surface area contributed by atoms with Gasteiger partial charge in [0.2, 0.25) is 0 Å². The Morgan fingerprint density at radius 3 is 2.68 bits per heavy atom. The maximum absolute atomic E-state index is 11.0. The van der Waals surface area contributed by atoms with Gasteiger partial charge in [-0.25, -0.2) is 0 Å². The average Bonchev–Trinajstić information content (AvgIpc) is 2.39. The van der Waals surface area contributed by atoms with Crippen LogP contribution in [0.3, 0.4) is 0 Å². The Bertz CT molecular complexity index is 609. The van der Waals surface area contributed by atoms with Gasteiger partial charge in [-0.15, -0.1) is 0 Å². The molecule has 2 aromatic carbocycles. The second kappa shape index (κ2) is 6.09. The highest BCUT2D eigenvalue weighted by Crippen LogP contribution is 2.26. The van der Waals surface area contributed by atoms with Gasteiger partial charge >= 0.3 is 0 Å². The highest BCUT2D eigenvalue weighted by Gasteiger charge is 2.08. The molecule has 0 N–H and O–H groups in total. The van der Waals surface area contributed by atoms with Crippen molar-refractivity contribution in [1.82, 2.24) is 0 Å². The quantitative estimate of drug-likeness (QED) is 0.765. The minimum absolute atomic E-state index is 0.293. The van der Waals surface area contributed by atoms with E-state index in [0.717, 1.165) is 17.4 Å². The summed E-state index contributed by atoms with van der Waals surface area (Å²) in [6.07, 6.45) is 0.784. The number of carbonyl (C=O) groups is 1. The lowest BCUT2D eigenvalue weighted by atomic mass is 10.1. The smallest absolute Gasteiger partial charge is 0.153 e. The van der Waals surface area contributed by atoms with E-state index in [1.165, 1.54) is 0 Å². The van der Waals surface area contributed by atoms with Gasteiger partial charge in [0.1, 0.15) is 12.4 Å². The number of hydrogen-bond acceptors (Lipinski definition) is 2. The van der Waals surface area contributed by atoms with Gasteiger partial charge in [-0.1, -0.05) is 41.4 Å². The Labute approximate surface area is 121 Å². The van der Waals surface area contributed by atoms with Crippen molar-refractivity contribution in [3.8, 4) is 5.75 Å². The highest BCUT2D eigenvalue weighted by atomic mass is 35.5. The first-order chi connectivity index (χ1) is 9.11. The largest absolute Gasteiger partial charge is 0.488 e. The zero-order valence-electron chi connectivity index (χ0n) is 10.3. The third-order valence-electron chi connectivity index (χ3n) is 2.76. The molecule has 19 heavy (non-hydrogen) atoms. The van der Waals surface area contributed by atoms with Crippen molar-refractivity contribution < 1.29 is 9.53 Å². The second-order valence-corrected chi connectivity index (χ2v) is 4.98.